The van der Waals surface area contributed by atoms with Gasteiger partial charge in [0.15, 0.2) is 0 Å². The Morgan fingerprint density at radius 2 is 1.95 bits per heavy atom. The molecule has 3 N–H and O–H groups in total. The van der Waals surface area contributed by atoms with Crippen molar-refractivity contribution in [2.45, 2.75) is 0 Å². The summed E-state index contributed by atoms with van der Waals surface area (Å²) in [5, 5.41) is 3.68. The molecule has 0 amide bonds. The van der Waals surface area contributed by atoms with E-state index in [-0.39, 0.29) is 10.8 Å². The molecule has 0 aliphatic rings. The van der Waals surface area contributed by atoms with E-state index in [0.29, 0.717) is 26.4 Å². The lowest BCUT2D eigenvalue weighted by Crippen LogP contribution is -2.12. The Morgan fingerprint density at radius 1 is 1.21 bits per heavy atom. The number of hydrogen-bond acceptors (Lipinski definition) is 2. The van der Waals surface area contributed by atoms with Gasteiger partial charge in [-0.15, -0.1) is 0 Å². The van der Waals surface area contributed by atoms with E-state index in [2.05, 4.69) is 21.2 Å². The molecule has 2 aromatic carbocycles. The van der Waals surface area contributed by atoms with Gasteiger partial charge in [-0.25, -0.2) is 4.39 Å². The highest BCUT2D eigenvalue weighted by Crippen LogP contribution is 2.29. The van der Waals surface area contributed by atoms with Crippen LogP contribution in [0, 0.1) is 5.82 Å². The molecule has 2 aromatic rings. The van der Waals surface area contributed by atoms with Crippen LogP contribution in [0.15, 0.2) is 40.9 Å². The third-order valence-corrected chi connectivity index (χ3v) is 3.56. The third-order valence-electron chi connectivity index (χ3n) is 2.45. The second-order valence-electron chi connectivity index (χ2n) is 3.80. The van der Waals surface area contributed by atoms with Gasteiger partial charge in [-0.2, -0.15) is 0 Å². The standard InChI is InChI=1S/C13H9BrClFN2S/c14-10-6-8(16)2-4-11(10)18-12-5-7(15)1-3-9(12)13(17)19/h1-6,18H,(H2,17,19). The van der Waals surface area contributed by atoms with E-state index in [1.807, 2.05) is 0 Å². The fraction of sp³-hybridized carbons (Fsp3) is 0. The Bertz CT molecular complexity index is 649. The number of hydrogen-bond donors (Lipinski definition) is 2. The molecule has 0 aliphatic heterocycles. The van der Waals surface area contributed by atoms with Gasteiger partial charge in [-0.1, -0.05) is 23.8 Å². The molecular weight excluding hydrogens is 351 g/mol. The summed E-state index contributed by atoms with van der Waals surface area (Å²) in [7, 11) is 0. The van der Waals surface area contributed by atoms with Crippen LogP contribution < -0.4 is 11.1 Å². The van der Waals surface area contributed by atoms with Crippen LogP contribution in [0.5, 0.6) is 0 Å². The molecule has 2 nitrogen and oxygen atoms in total. The topological polar surface area (TPSA) is 38.0 Å². The van der Waals surface area contributed by atoms with E-state index in [1.165, 1.54) is 12.1 Å². The maximum absolute atomic E-state index is 13.0. The van der Waals surface area contributed by atoms with Gasteiger partial charge in [0.25, 0.3) is 0 Å². The highest BCUT2D eigenvalue weighted by Gasteiger charge is 2.08. The minimum atomic E-state index is -0.321. The van der Waals surface area contributed by atoms with Crippen LogP contribution in [0.4, 0.5) is 15.8 Å². The fourth-order valence-electron chi connectivity index (χ4n) is 1.57. The first-order valence-corrected chi connectivity index (χ1v) is 6.87. The zero-order chi connectivity index (χ0) is 14.0. The Morgan fingerprint density at radius 3 is 2.58 bits per heavy atom. The second kappa shape index (κ2) is 5.86. The molecule has 2 rings (SSSR count). The first kappa shape index (κ1) is 14.2. The van der Waals surface area contributed by atoms with Gasteiger partial charge in [-0.05, 0) is 52.3 Å². The van der Waals surface area contributed by atoms with Gasteiger partial charge in [-0.3, -0.25) is 0 Å². The van der Waals surface area contributed by atoms with Crippen molar-refractivity contribution < 1.29 is 4.39 Å². The molecule has 0 radical (unpaired) electrons. The predicted molar refractivity (Wildman–Crippen MR) is 84.7 cm³/mol. The summed E-state index contributed by atoms with van der Waals surface area (Å²) < 4.78 is 13.6. The van der Waals surface area contributed by atoms with Gasteiger partial charge in [0.05, 0.1) is 11.4 Å². The summed E-state index contributed by atoms with van der Waals surface area (Å²) in [5.41, 5.74) is 7.70. The molecule has 0 saturated carbocycles. The summed E-state index contributed by atoms with van der Waals surface area (Å²) in [6.45, 7) is 0. The molecule has 0 bridgehead atoms. The number of anilines is 2. The van der Waals surface area contributed by atoms with Gasteiger partial charge in [0, 0.05) is 15.1 Å². The zero-order valence-electron chi connectivity index (χ0n) is 9.58. The van der Waals surface area contributed by atoms with Crippen LogP contribution in [0.3, 0.4) is 0 Å². The molecule has 0 fully saturated rings. The van der Waals surface area contributed by atoms with Crippen LogP contribution in [-0.2, 0) is 0 Å². The summed E-state index contributed by atoms with van der Waals surface area (Å²) in [6, 6.07) is 9.51. The van der Waals surface area contributed by atoms with Crippen LogP contribution >= 0.6 is 39.7 Å². The minimum Gasteiger partial charge on any atom is -0.389 e. The molecule has 0 saturated heterocycles. The van der Waals surface area contributed by atoms with E-state index < -0.39 is 0 Å². The Labute approximate surface area is 128 Å². The van der Waals surface area contributed by atoms with Crippen LogP contribution in [0.25, 0.3) is 0 Å². The van der Waals surface area contributed by atoms with Crippen LogP contribution in [0.2, 0.25) is 5.02 Å². The third kappa shape index (κ3) is 3.43. The van der Waals surface area contributed by atoms with Crippen LogP contribution in [0.1, 0.15) is 5.56 Å². The van der Waals surface area contributed by atoms with Crippen molar-refractivity contribution in [2.24, 2.45) is 5.73 Å². The average Bonchev–Trinajstić information content (AvgIpc) is 2.32. The monoisotopic (exact) mass is 358 g/mol. The van der Waals surface area contributed by atoms with E-state index in [0.717, 1.165) is 0 Å². The van der Waals surface area contributed by atoms with Crippen molar-refractivity contribution in [1.82, 2.24) is 0 Å². The van der Waals surface area contributed by atoms with E-state index in [1.54, 1.807) is 24.3 Å². The lowest BCUT2D eigenvalue weighted by molar-refractivity contribution is 0.627. The molecule has 0 spiro atoms. The summed E-state index contributed by atoms with van der Waals surface area (Å²) in [5.74, 6) is -0.321. The van der Waals surface area contributed by atoms with Crippen molar-refractivity contribution in [3.8, 4) is 0 Å². The predicted octanol–water partition coefficient (Wildman–Crippen LogP) is 4.62. The first-order chi connectivity index (χ1) is 8.97. The maximum Gasteiger partial charge on any atom is 0.124 e. The van der Waals surface area contributed by atoms with Crippen molar-refractivity contribution in [3.63, 3.8) is 0 Å². The van der Waals surface area contributed by atoms with Gasteiger partial charge in [0.2, 0.25) is 0 Å². The molecule has 98 valence electrons. The van der Waals surface area contributed by atoms with Crippen molar-refractivity contribution in [2.75, 3.05) is 5.32 Å². The van der Waals surface area contributed by atoms with Crippen molar-refractivity contribution >= 4 is 56.1 Å². The largest absolute Gasteiger partial charge is 0.389 e. The van der Waals surface area contributed by atoms with E-state index in [4.69, 9.17) is 29.6 Å². The minimum absolute atomic E-state index is 0.261. The quantitative estimate of drug-likeness (QED) is 0.785. The van der Waals surface area contributed by atoms with Crippen molar-refractivity contribution in [3.05, 3.63) is 57.3 Å². The normalized spacial score (nSPS) is 10.3. The lowest BCUT2D eigenvalue weighted by atomic mass is 10.1. The zero-order valence-corrected chi connectivity index (χ0v) is 12.7. The number of halogens is 3. The number of rotatable bonds is 3. The highest BCUT2D eigenvalue weighted by molar-refractivity contribution is 9.10. The SMILES string of the molecule is NC(=S)c1ccc(Cl)cc1Nc1ccc(F)cc1Br. The molecular formula is C13H9BrClFN2S. The molecule has 0 unspecified atom stereocenters. The highest BCUT2D eigenvalue weighted by atomic mass is 79.9. The molecule has 0 aromatic heterocycles. The molecule has 19 heavy (non-hydrogen) atoms. The number of nitrogens with two attached hydrogens (primary N) is 1. The van der Waals surface area contributed by atoms with E-state index in [9.17, 15) is 4.39 Å². The molecule has 6 heteroatoms. The number of benzene rings is 2. The smallest absolute Gasteiger partial charge is 0.124 e. The average molecular weight is 360 g/mol. The molecule has 0 heterocycles. The first-order valence-electron chi connectivity index (χ1n) is 5.29. The Kier molecular flexibility index (Phi) is 4.39. The summed E-state index contributed by atoms with van der Waals surface area (Å²) in [4.78, 5) is 0.261. The molecule has 0 aliphatic carbocycles. The fourth-order valence-corrected chi connectivity index (χ4v) is 2.37. The van der Waals surface area contributed by atoms with Crippen LogP contribution in [-0.4, -0.2) is 4.99 Å². The second-order valence-corrected chi connectivity index (χ2v) is 5.53. The molecule has 0 atom stereocenters. The number of thiocarbonyl (C=S) groups is 1. The number of nitrogens with one attached hydrogen (secondary N) is 1. The maximum atomic E-state index is 13.0. The van der Waals surface area contributed by atoms with Gasteiger partial charge < -0.3 is 11.1 Å². The Hall–Kier alpha value is -1.17. The van der Waals surface area contributed by atoms with E-state index >= 15 is 0 Å². The Balaban J connectivity index is 2.42. The summed E-state index contributed by atoms with van der Waals surface area (Å²) >= 11 is 14.2. The van der Waals surface area contributed by atoms with Gasteiger partial charge in [0.1, 0.15) is 10.8 Å². The summed E-state index contributed by atoms with van der Waals surface area (Å²) in [6.07, 6.45) is 0. The van der Waals surface area contributed by atoms with Crippen molar-refractivity contribution in [1.29, 1.82) is 0 Å². The van der Waals surface area contributed by atoms with Gasteiger partial charge >= 0.3 is 0 Å². The lowest BCUT2D eigenvalue weighted by Gasteiger charge is -2.13.